The topological polar surface area (TPSA) is 0 Å². The molecule has 0 atom stereocenters. The van der Waals surface area contributed by atoms with Crippen LogP contribution in [0.1, 0.15) is 0 Å². The third-order valence-corrected chi connectivity index (χ3v) is 12.8. The molecule has 0 nitrogen and oxygen atoms in total. The van der Waals surface area contributed by atoms with E-state index in [1.165, 1.54) is 0 Å². The van der Waals surface area contributed by atoms with Gasteiger partial charge in [-0.2, -0.15) is 0 Å². The van der Waals surface area contributed by atoms with Crippen LogP contribution in [-0.2, 0) is 0 Å². The van der Waals surface area contributed by atoms with Gasteiger partial charge in [-0.25, -0.2) is 0 Å². The predicted octanol–water partition coefficient (Wildman–Crippen LogP) is 2.65. The fourth-order valence-electron chi connectivity index (χ4n) is 2.28. The van der Waals surface area contributed by atoms with Crippen LogP contribution < -0.4 is 10.4 Å². The van der Waals surface area contributed by atoms with E-state index >= 15 is 0 Å². The lowest BCUT2D eigenvalue weighted by molar-refractivity contribution is 1.74. The quantitative estimate of drug-likeness (QED) is 0.764. The van der Waals surface area contributed by atoms with Crippen LogP contribution in [0.25, 0.3) is 0 Å². The Labute approximate surface area is 130 Å². The van der Waals surface area contributed by atoms with Crippen molar-refractivity contribution < 1.29 is 0 Å². The second-order valence-corrected chi connectivity index (χ2v) is 17.1. The molecule has 0 unspecified atom stereocenters. The molecule has 0 aliphatic carbocycles. The summed E-state index contributed by atoms with van der Waals surface area (Å²) in [5.41, 5.74) is 0. The Morgan fingerprint density at radius 1 is 0.737 bits per heavy atom. The molecule has 0 spiro atoms. The van der Waals surface area contributed by atoms with Gasteiger partial charge < -0.3 is 0 Å². The highest BCUT2D eigenvalue weighted by molar-refractivity contribution is 7.32. The molecule has 0 aromatic heterocycles. The van der Waals surface area contributed by atoms with Crippen molar-refractivity contribution in [2.75, 3.05) is 0 Å². The Bertz CT molecular complexity index is 403. The standard InChI is InChI=1S/C12H11Si.4CH3.2Al/c1-3-7-11(8-4-1)13-12-9-5-2-6-10-12;;;;;;/h1-10,13H;4*1H3;;. The molecule has 2 aromatic carbocycles. The Morgan fingerprint density at radius 3 is 1.32 bits per heavy atom. The second kappa shape index (κ2) is 9.60. The van der Waals surface area contributed by atoms with Crippen molar-refractivity contribution in [3.8, 4) is 0 Å². The lowest BCUT2D eigenvalue weighted by Crippen LogP contribution is -2.51. The van der Waals surface area contributed by atoms with Gasteiger partial charge >= 0.3 is 0 Å². The van der Waals surface area contributed by atoms with Gasteiger partial charge in [0, 0.05) is 0 Å². The van der Waals surface area contributed by atoms with Gasteiger partial charge in [-0.05, 0) is 0 Å². The van der Waals surface area contributed by atoms with E-state index in [4.69, 9.17) is 0 Å². The average Bonchev–Trinajstić information content (AvgIpc) is 2.42. The third-order valence-electron chi connectivity index (χ3n) is 2.98. The van der Waals surface area contributed by atoms with Gasteiger partial charge in [0.2, 0.25) is 0 Å². The summed E-state index contributed by atoms with van der Waals surface area (Å²) >= 11 is 0.150. The van der Waals surface area contributed by atoms with Crippen LogP contribution in [-0.4, -0.2) is 36.1 Å². The minimum Gasteiger partial charge on any atom is -0.115 e. The summed E-state index contributed by atoms with van der Waals surface area (Å²) in [4.78, 5) is 0. The molecule has 19 heavy (non-hydrogen) atoms. The molecule has 0 fully saturated rings. The van der Waals surface area contributed by atoms with Gasteiger partial charge in [0.1, 0.15) is 0 Å². The van der Waals surface area contributed by atoms with E-state index in [-0.39, 0.29) is 0 Å². The van der Waals surface area contributed by atoms with Gasteiger partial charge in [-0.15, -0.1) is 23.1 Å². The van der Waals surface area contributed by atoms with Crippen LogP contribution in [0.5, 0.6) is 0 Å². The molecule has 0 saturated carbocycles. The van der Waals surface area contributed by atoms with Crippen molar-refractivity contribution in [3.63, 3.8) is 0 Å². The average molecular weight is 297 g/mol. The molecule has 2 aromatic rings. The summed E-state index contributed by atoms with van der Waals surface area (Å²) < 4.78 is 0. The largest absolute Gasteiger partial charge is 0.257 e. The van der Waals surface area contributed by atoms with Gasteiger partial charge in [0.25, 0.3) is 13.5 Å². The summed E-state index contributed by atoms with van der Waals surface area (Å²) in [6, 6.07) is 22.2. The molecule has 0 saturated heterocycles. The first kappa shape index (κ1) is 16.8. The minimum atomic E-state index is -0.885. The maximum atomic E-state index is 2.48. The van der Waals surface area contributed by atoms with Crippen molar-refractivity contribution in [2.24, 2.45) is 0 Å². The van der Waals surface area contributed by atoms with Crippen LogP contribution in [0.2, 0.25) is 23.1 Å². The SMILES string of the molecule is [CH3][Al]([CH3])[SiH](c1ccccc1)c1ccccc1.[CH3][Al][CH3]. The third kappa shape index (κ3) is 5.70. The van der Waals surface area contributed by atoms with Crippen molar-refractivity contribution in [1.29, 1.82) is 0 Å². The highest BCUT2D eigenvalue weighted by Gasteiger charge is 2.23. The Morgan fingerprint density at radius 2 is 1.05 bits per heavy atom. The van der Waals surface area contributed by atoms with E-state index < -0.39 is 20.9 Å². The highest BCUT2D eigenvalue weighted by Crippen LogP contribution is 1.96. The van der Waals surface area contributed by atoms with Gasteiger partial charge in [-0.1, -0.05) is 71.0 Å². The van der Waals surface area contributed by atoms with Crippen molar-refractivity contribution in [3.05, 3.63) is 60.7 Å². The maximum absolute atomic E-state index is 2.48. The zero-order valence-corrected chi connectivity index (χ0v) is 16.0. The fourth-order valence-corrected chi connectivity index (χ4v) is 11.4. The summed E-state index contributed by atoms with van der Waals surface area (Å²) in [5, 5.41) is 3.21. The Hall–Kier alpha value is -0.278. The molecule has 0 aliphatic rings. The van der Waals surface area contributed by atoms with E-state index in [1.54, 1.807) is 10.4 Å². The smallest absolute Gasteiger partial charge is 0.115 e. The van der Waals surface area contributed by atoms with Crippen molar-refractivity contribution in [1.82, 2.24) is 0 Å². The Balaban J connectivity index is 0.000000550. The first-order valence-corrected chi connectivity index (χ1v) is 15.5. The predicted molar refractivity (Wildman–Crippen MR) is 94.3 cm³/mol. The molecular weight excluding hydrogens is 274 g/mol. The van der Waals surface area contributed by atoms with Gasteiger partial charge in [0.15, 0.2) is 15.2 Å². The monoisotopic (exact) mass is 297 g/mol. The normalized spacial score (nSPS) is 9.53. The van der Waals surface area contributed by atoms with Crippen molar-refractivity contribution in [2.45, 2.75) is 23.1 Å². The van der Waals surface area contributed by atoms with Crippen LogP contribution in [0.4, 0.5) is 0 Å². The van der Waals surface area contributed by atoms with Crippen LogP contribution in [0, 0.1) is 0 Å². The summed E-state index contributed by atoms with van der Waals surface area (Å²) in [7, 11) is -0.885. The lowest BCUT2D eigenvalue weighted by Gasteiger charge is -2.17. The van der Waals surface area contributed by atoms with Crippen LogP contribution in [0.3, 0.4) is 0 Å². The maximum Gasteiger partial charge on any atom is 0.257 e. The fraction of sp³-hybridized carbons (Fsp3) is 0.250. The zero-order valence-electron chi connectivity index (χ0n) is 12.5. The number of benzene rings is 2. The minimum absolute atomic E-state index is 0.600. The van der Waals surface area contributed by atoms with Crippen LogP contribution in [0.15, 0.2) is 60.7 Å². The molecule has 0 bridgehead atoms. The number of rotatable bonds is 3. The van der Waals surface area contributed by atoms with E-state index in [0.717, 1.165) is 15.2 Å². The van der Waals surface area contributed by atoms with Crippen molar-refractivity contribution >= 4 is 46.5 Å². The van der Waals surface area contributed by atoms with E-state index in [0.29, 0.717) is 0 Å². The molecular formula is C16H23Al2Si. The molecule has 0 N–H and O–H groups in total. The molecule has 0 amide bonds. The zero-order chi connectivity index (χ0) is 14.1. The first-order valence-electron chi connectivity index (χ1n) is 7.04. The van der Waals surface area contributed by atoms with E-state index in [1.807, 2.05) is 0 Å². The molecule has 97 valence electrons. The van der Waals surface area contributed by atoms with Gasteiger partial charge in [0.05, 0.1) is 7.36 Å². The van der Waals surface area contributed by atoms with Crippen LogP contribution >= 0.6 is 0 Å². The van der Waals surface area contributed by atoms with E-state index in [9.17, 15) is 0 Å². The highest BCUT2D eigenvalue weighted by atomic mass is 28.8. The molecule has 0 aliphatic heterocycles. The number of hydrogen-bond acceptors (Lipinski definition) is 0. The summed E-state index contributed by atoms with van der Waals surface area (Å²) in [6.07, 6.45) is 0. The number of hydrogen-bond donors (Lipinski definition) is 0. The molecule has 1 radical (unpaired) electrons. The lowest BCUT2D eigenvalue weighted by atomic mass is 10.4. The molecule has 3 heteroatoms. The molecule has 2 rings (SSSR count). The van der Waals surface area contributed by atoms with Gasteiger partial charge in [-0.3, -0.25) is 0 Å². The summed E-state index contributed by atoms with van der Waals surface area (Å²) in [5.74, 6) is 9.38. The van der Waals surface area contributed by atoms with E-state index in [2.05, 4.69) is 83.8 Å². The summed E-state index contributed by atoms with van der Waals surface area (Å²) in [6.45, 7) is 0. The molecule has 0 heterocycles. The first-order chi connectivity index (χ1) is 9.20. The second-order valence-electron chi connectivity index (χ2n) is 5.12. The Kier molecular flexibility index (Phi) is 8.47.